The number of piperazine rings is 1. The zero-order valence-electron chi connectivity index (χ0n) is 16.1. The first kappa shape index (κ1) is 17.7. The van der Waals surface area contributed by atoms with E-state index in [1.807, 2.05) is 36.1 Å². The van der Waals surface area contributed by atoms with Gasteiger partial charge in [-0.15, -0.1) is 0 Å². The van der Waals surface area contributed by atoms with Gasteiger partial charge >= 0.3 is 0 Å². The molecule has 0 bridgehead atoms. The van der Waals surface area contributed by atoms with Crippen molar-refractivity contribution in [3.8, 4) is 0 Å². The Balaban J connectivity index is 1.70. The van der Waals surface area contributed by atoms with Gasteiger partial charge < -0.3 is 10.2 Å². The fourth-order valence-electron chi connectivity index (χ4n) is 4.00. The van der Waals surface area contributed by atoms with E-state index >= 15 is 0 Å². The number of aryl methyl sites for hydroxylation is 3. The van der Waals surface area contributed by atoms with Crippen LogP contribution in [0.4, 0.5) is 0 Å². The van der Waals surface area contributed by atoms with Crippen LogP contribution < -0.4 is 5.32 Å². The number of benzene rings is 2. The van der Waals surface area contributed by atoms with Gasteiger partial charge in [0, 0.05) is 36.8 Å². The molecule has 0 spiro atoms. The number of rotatable bonds is 2. The number of nitrogens with one attached hydrogen (secondary N) is 1. The Bertz CT molecular complexity index is 997. The van der Waals surface area contributed by atoms with Crippen molar-refractivity contribution in [3.05, 3.63) is 76.5 Å². The SMILES string of the molecule is Cc1cc(C)c2nc(C)cc(C(=O)N3CCNC(c4ccccc4)C3)c2c1. The summed E-state index contributed by atoms with van der Waals surface area (Å²) in [6, 6.07) is 16.6. The highest BCUT2D eigenvalue weighted by atomic mass is 16.2. The van der Waals surface area contributed by atoms with Gasteiger partial charge in [-0.3, -0.25) is 9.78 Å². The molecular formula is C23H25N3O. The molecule has 27 heavy (non-hydrogen) atoms. The van der Waals surface area contributed by atoms with E-state index in [0.717, 1.165) is 46.4 Å². The van der Waals surface area contributed by atoms with Crippen LogP contribution in [0.3, 0.4) is 0 Å². The first-order chi connectivity index (χ1) is 13.0. The second kappa shape index (κ2) is 7.12. The minimum absolute atomic E-state index is 0.0953. The quantitative estimate of drug-likeness (QED) is 0.754. The fraction of sp³-hybridized carbons (Fsp3) is 0.304. The molecule has 4 nitrogen and oxygen atoms in total. The van der Waals surface area contributed by atoms with Crippen molar-refractivity contribution in [2.45, 2.75) is 26.8 Å². The molecular weight excluding hydrogens is 334 g/mol. The zero-order chi connectivity index (χ0) is 19.0. The largest absolute Gasteiger partial charge is 0.335 e. The summed E-state index contributed by atoms with van der Waals surface area (Å²) in [5, 5.41) is 4.49. The molecule has 0 radical (unpaired) electrons. The third-order valence-corrected chi connectivity index (χ3v) is 5.27. The number of fused-ring (bicyclic) bond motifs is 1. The Labute approximate surface area is 160 Å². The van der Waals surface area contributed by atoms with E-state index in [1.54, 1.807) is 0 Å². The van der Waals surface area contributed by atoms with Gasteiger partial charge in [-0.05, 0) is 44.0 Å². The molecule has 1 N–H and O–H groups in total. The van der Waals surface area contributed by atoms with Gasteiger partial charge in [-0.25, -0.2) is 0 Å². The molecule has 1 unspecified atom stereocenters. The van der Waals surface area contributed by atoms with E-state index in [9.17, 15) is 4.79 Å². The van der Waals surface area contributed by atoms with Crippen LogP contribution in [-0.2, 0) is 0 Å². The van der Waals surface area contributed by atoms with Crippen molar-refractivity contribution in [3.63, 3.8) is 0 Å². The highest BCUT2D eigenvalue weighted by Crippen LogP contribution is 2.26. The summed E-state index contributed by atoms with van der Waals surface area (Å²) in [6.45, 7) is 8.28. The normalized spacial score (nSPS) is 17.3. The summed E-state index contributed by atoms with van der Waals surface area (Å²) in [5.41, 5.74) is 6.06. The van der Waals surface area contributed by atoms with Crippen LogP contribution in [0.2, 0.25) is 0 Å². The van der Waals surface area contributed by atoms with Gasteiger partial charge in [-0.1, -0.05) is 42.0 Å². The number of amides is 1. The zero-order valence-corrected chi connectivity index (χ0v) is 16.1. The first-order valence-electron chi connectivity index (χ1n) is 9.49. The average Bonchev–Trinajstić information content (AvgIpc) is 2.68. The summed E-state index contributed by atoms with van der Waals surface area (Å²) in [6.07, 6.45) is 0. The van der Waals surface area contributed by atoms with E-state index in [1.165, 1.54) is 5.56 Å². The third-order valence-electron chi connectivity index (χ3n) is 5.27. The van der Waals surface area contributed by atoms with Crippen LogP contribution in [0.5, 0.6) is 0 Å². The molecule has 1 saturated heterocycles. The molecule has 2 aromatic carbocycles. The smallest absolute Gasteiger partial charge is 0.254 e. The van der Waals surface area contributed by atoms with Crippen LogP contribution >= 0.6 is 0 Å². The van der Waals surface area contributed by atoms with Gasteiger partial charge in [0.15, 0.2) is 0 Å². The fourth-order valence-corrected chi connectivity index (χ4v) is 4.00. The van der Waals surface area contributed by atoms with Crippen molar-refractivity contribution in [1.29, 1.82) is 0 Å². The third kappa shape index (κ3) is 3.45. The second-order valence-electron chi connectivity index (χ2n) is 7.46. The average molecular weight is 359 g/mol. The topological polar surface area (TPSA) is 45.2 Å². The Hall–Kier alpha value is -2.72. The van der Waals surface area contributed by atoms with E-state index in [2.05, 4.69) is 48.4 Å². The maximum absolute atomic E-state index is 13.4. The standard InChI is InChI=1S/C23H25N3O/c1-15-11-16(2)22-19(12-15)20(13-17(3)25-22)23(27)26-10-9-24-21(14-26)18-7-5-4-6-8-18/h4-8,11-13,21,24H,9-10,14H2,1-3H3. The van der Waals surface area contributed by atoms with Crippen molar-refractivity contribution in [2.24, 2.45) is 0 Å². The molecule has 4 heteroatoms. The molecule has 138 valence electrons. The summed E-state index contributed by atoms with van der Waals surface area (Å²) >= 11 is 0. The van der Waals surface area contributed by atoms with E-state index in [0.29, 0.717) is 6.54 Å². The highest BCUT2D eigenvalue weighted by Gasteiger charge is 2.26. The van der Waals surface area contributed by atoms with Crippen LogP contribution in [0, 0.1) is 20.8 Å². The Kier molecular flexibility index (Phi) is 4.66. The number of hydrogen-bond acceptors (Lipinski definition) is 3. The molecule has 3 aromatic rings. The van der Waals surface area contributed by atoms with Gasteiger partial charge in [0.1, 0.15) is 0 Å². The molecule has 4 rings (SSSR count). The summed E-state index contributed by atoms with van der Waals surface area (Å²) < 4.78 is 0. The minimum Gasteiger partial charge on any atom is -0.335 e. The lowest BCUT2D eigenvalue weighted by atomic mass is 9.99. The Morgan fingerprint density at radius 2 is 1.89 bits per heavy atom. The van der Waals surface area contributed by atoms with Crippen LogP contribution in [0.15, 0.2) is 48.5 Å². The van der Waals surface area contributed by atoms with E-state index in [4.69, 9.17) is 0 Å². The van der Waals surface area contributed by atoms with Crippen LogP contribution in [-0.4, -0.2) is 35.4 Å². The van der Waals surface area contributed by atoms with Crippen LogP contribution in [0.25, 0.3) is 10.9 Å². The summed E-state index contributed by atoms with van der Waals surface area (Å²) in [5.74, 6) is 0.0953. The van der Waals surface area contributed by atoms with Crippen LogP contribution in [0.1, 0.15) is 38.8 Å². The number of aromatic nitrogens is 1. The maximum Gasteiger partial charge on any atom is 0.254 e. The molecule has 0 aliphatic carbocycles. The molecule has 0 saturated carbocycles. The molecule has 2 heterocycles. The Morgan fingerprint density at radius 1 is 1.11 bits per heavy atom. The predicted octanol–water partition coefficient (Wildman–Crippen LogP) is 3.95. The minimum atomic E-state index is 0.0953. The van der Waals surface area contributed by atoms with E-state index in [-0.39, 0.29) is 11.9 Å². The van der Waals surface area contributed by atoms with Gasteiger partial charge in [0.25, 0.3) is 5.91 Å². The lowest BCUT2D eigenvalue weighted by Gasteiger charge is -2.34. The van der Waals surface area contributed by atoms with Crippen molar-refractivity contribution < 1.29 is 4.79 Å². The lowest BCUT2D eigenvalue weighted by molar-refractivity contribution is 0.0705. The number of pyridine rings is 1. The highest BCUT2D eigenvalue weighted by molar-refractivity contribution is 6.07. The van der Waals surface area contributed by atoms with Gasteiger partial charge in [0.2, 0.25) is 0 Å². The monoisotopic (exact) mass is 359 g/mol. The van der Waals surface area contributed by atoms with E-state index < -0.39 is 0 Å². The first-order valence-corrected chi connectivity index (χ1v) is 9.49. The number of hydrogen-bond donors (Lipinski definition) is 1. The molecule has 1 atom stereocenters. The number of carbonyl (C=O) groups is 1. The molecule has 1 aliphatic heterocycles. The lowest BCUT2D eigenvalue weighted by Crippen LogP contribution is -2.48. The number of nitrogens with zero attached hydrogens (tertiary/aromatic N) is 2. The molecule has 1 aliphatic rings. The number of carbonyl (C=O) groups excluding carboxylic acids is 1. The van der Waals surface area contributed by atoms with Gasteiger partial charge in [0.05, 0.1) is 11.1 Å². The van der Waals surface area contributed by atoms with Crippen molar-refractivity contribution in [2.75, 3.05) is 19.6 Å². The molecule has 1 aromatic heterocycles. The summed E-state index contributed by atoms with van der Waals surface area (Å²) in [4.78, 5) is 20.1. The maximum atomic E-state index is 13.4. The molecule has 1 amide bonds. The second-order valence-corrected chi connectivity index (χ2v) is 7.46. The van der Waals surface area contributed by atoms with Crippen molar-refractivity contribution in [1.82, 2.24) is 15.2 Å². The Morgan fingerprint density at radius 3 is 2.67 bits per heavy atom. The predicted molar refractivity (Wildman–Crippen MR) is 109 cm³/mol. The van der Waals surface area contributed by atoms with Crippen molar-refractivity contribution >= 4 is 16.8 Å². The summed E-state index contributed by atoms with van der Waals surface area (Å²) in [7, 11) is 0. The molecule has 1 fully saturated rings. The van der Waals surface area contributed by atoms with Gasteiger partial charge in [-0.2, -0.15) is 0 Å².